The minimum absolute atomic E-state index is 0.0279. The number of rotatable bonds is 5. The number of para-hydroxylation sites is 1. The molecule has 110 valence electrons. The Morgan fingerprint density at radius 3 is 2.85 bits per heavy atom. The fourth-order valence-corrected chi connectivity index (χ4v) is 2.32. The van der Waals surface area contributed by atoms with Crippen molar-refractivity contribution in [1.82, 2.24) is 5.32 Å². The van der Waals surface area contributed by atoms with Crippen molar-refractivity contribution in [2.75, 3.05) is 19.7 Å². The van der Waals surface area contributed by atoms with E-state index in [-0.39, 0.29) is 24.7 Å². The first kappa shape index (κ1) is 14.8. The maximum absolute atomic E-state index is 12.0. The Balaban J connectivity index is 1.86. The lowest BCUT2D eigenvalue weighted by Crippen LogP contribution is -2.33. The number of Topliss-reactive ketones (excluding diaryl/α,β-unsaturated/α-hetero) is 1. The van der Waals surface area contributed by atoms with Gasteiger partial charge in [-0.25, -0.2) is 0 Å². The van der Waals surface area contributed by atoms with Gasteiger partial charge in [-0.1, -0.05) is 18.2 Å². The highest BCUT2D eigenvalue weighted by molar-refractivity contribution is 5.81. The average Bonchev–Trinajstić information content (AvgIpc) is 2.37. The first-order chi connectivity index (χ1) is 9.46. The molecule has 3 nitrogen and oxygen atoms in total. The molecule has 2 rings (SSSR count). The highest BCUT2D eigenvalue weighted by atomic mass is 19.4. The zero-order valence-corrected chi connectivity index (χ0v) is 10.9. The maximum atomic E-state index is 12.0. The van der Waals surface area contributed by atoms with Gasteiger partial charge in [0.1, 0.15) is 11.5 Å². The van der Waals surface area contributed by atoms with Crippen molar-refractivity contribution in [2.24, 2.45) is 0 Å². The van der Waals surface area contributed by atoms with Gasteiger partial charge in [0, 0.05) is 6.42 Å². The topological polar surface area (TPSA) is 38.3 Å². The summed E-state index contributed by atoms with van der Waals surface area (Å²) in [7, 11) is 0. The summed E-state index contributed by atoms with van der Waals surface area (Å²) >= 11 is 0. The number of halogens is 3. The summed E-state index contributed by atoms with van der Waals surface area (Å²) in [5.74, 6) is 0.580. The van der Waals surface area contributed by atoms with Crippen LogP contribution in [0, 0.1) is 0 Å². The second-order valence-electron chi connectivity index (χ2n) is 4.83. The van der Waals surface area contributed by atoms with Gasteiger partial charge in [-0.2, -0.15) is 13.2 Å². The highest BCUT2D eigenvalue weighted by Gasteiger charge is 2.27. The molecule has 1 N–H and O–H groups in total. The Kier molecular flexibility index (Phi) is 4.65. The third-order valence-electron chi connectivity index (χ3n) is 3.20. The number of hydrogen-bond donors (Lipinski definition) is 1. The van der Waals surface area contributed by atoms with Crippen LogP contribution in [0.3, 0.4) is 0 Å². The molecule has 0 spiro atoms. The van der Waals surface area contributed by atoms with Gasteiger partial charge in [0.25, 0.3) is 0 Å². The minimum atomic E-state index is -4.29. The first-order valence-corrected chi connectivity index (χ1v) is 6.46. The molecule has 1 aliphatic heterocycles. The molecule has 20 heavy (non-hydrogen) atoms. The number of ketones is 1. The first-order valence-electron chi connectivity index (χ1n) is 6.46. The lowest BCUT2D eigenvalue weighted by atomic mass is 9.89. The van der Waals surface area contributed by atoms with Crippen LogP contribution in [0.25, 0.3) is 0 Å². The van der Waals surface area contributed by atoms with E-state index in [1.165, 1.54) is 0 Å². The lowest BCUT2D eigenvalue weighted by Gasteiger charge is -2.25. The predicted octanol–water partition coefficient (Wildman–Crippen LogP) is 2.66. The Bertz CT molecular complexity index is 474. The number of ether oxygens (including phenoxy) is 1. The fourth-order valence-electron chi connectivity index (χ4n) is 2.32. The molecule has 0 radical (unpaired) electrons. The van der Waals surface area contributed by atoms with Crippen LogP contribution in [-0.4, -0.2) is 31.7 Å². The fraction of sp³-hybridized carbons (Fsp3) is 0.500. The second kappa shape index (κ2) is 6.26. The SMILES string of the molecule is O=C(CNCC(F)(F)F)CC1CCOc2ccccc21. The molecular weight excluding hydrogens is 271 g/mol. The number of fused-ring (bicyclic) bond motifs is 1. The molecule has 0 saturated heterocycles. The van der Waals surface area contributed by atoms with E-state index >= 15 is 0 Å². The van der Waals surface area contributed by atoms with Crippen LogP contribution in [0.2, 0.25) is 0 Å². The minimum Gasteiger partial charge on any atom is -0.493 e. The second-order valence-corrected chi connectivity index (χ2v) is 4.83. The summed E-state index contributed by atoms with van der Waals surface area (Å²) in [5, 5.41) is 2.13. The molecule has 0 aliphatic carbocycles. The van der Waals surface area contributed by atoms with Crippen LogP contribution in [0.15, 0.2) is 24.3 Å². The standard InChI is InChI=1S/C14H16F3NO2/c15-14(16,17)9-18-8-11(19)7-10-5-6-20-13-4-2-1-3-12(10)13/h1-4,10,18H,5-9H2. The summed E-state index contributed by atoms with van der Waals surface area (Å²) in [6.07, 6.45) is -3.33. The van der Waals surface area contributed by atoms with Crippen LogP contribution in [0.4, 0.5) is 13.2 Å². The molecule has 1 unspecified atom stereocenters. The van der Waals surface area contributed by atoms with Crippen molar-refractivity contribution in [2.45, 2.75) is 24.9 Å². The van der Waals surface area contributed by atoms with Gasteiger partial charge in [-0.15, -0.1) is 0 Å². The number of carbonyl (C=O) groups is 1. The number of nitrogens with one attached hydrogen (secondary N) is 1. The molecule has 1 aromatic carbocycles. The Labute approximate surface area is 115 Å². The van der Waals surface area contributed by atoms with Gasteiger partial charge in [0.05, 0.1) is 19.7 Å². The monoisotopic (exact) mass is 287 g/mol. The van der Waals surface area contributed by atoms with E-state index in [2.05, 4.69) is 5.32 Å². The molecule has 1 aliphatic rings. The number of carbonyl (C=O) groups excluding carboxylic acids is 1. The average molecular weight is 287 g/mol. The summed E-state index contributed by atoms with van der Waals surface area (Å²) in [5.41, 5.74) is 0.961. The molecule has 1 aromatic rings. The summed E-state index contributed by atoms with van der Waals surface area (Å²) in [6.45, 7) is -0.854. The Hall–Kier alpha value is -1.56. The van der Waals surface area contributed by atoms with Gasteiger partial charge in [-0.3, -0.25) is 4.79 Å². The van der Waals surface area contributed by atoms with E-state index in [1.807, 2.05) is 24.3 Å². The van der Waals surface area contributed by atoms with Gasteiger partial charge >= 0.3 is 6.18 Å². The van der Waals surface area contributed by atoms with Crippen LogP contribution >= 0.6 is 0 Å². The predicted molar refractivity (Wildman–Crippen MR) is 67.8 cm³/mol. The molecule has 0 aromatic heterocycles. The molecule has 6 heteroatoms. The highest BCUT2D eigenvalue weighted by Crippen LogP contribution is 2.35. The van der Waals surface area contributed by atoms with Gasteiger partial charge in [-0.05, 0) is 24.0 Å². The van der Waals surface area contributed by atoms with E-state index in [9.17, 15) is 18.0 Å². The number of hydrogen-bond acceptors (Lipinski definition) is 3. The van der Waals surface area contributed by atoms with Crippen molar-refractivity contribution in [3.05, 3.63) is 29.8 Å². The van der Waals surface area contributed by atoms with Crippen molar-refractivity contribution >= 4 is 5.78 Å². The van der Waals surface area contributed by atoms with Crippen molar-refractivity contribution in [3.8, 4) is 5.75 Å². The molecular formula is C14H16F3NO2. The molecule has 0 fully saturated rings. The Morgan fingerprint density at radius 1 is 1.35 bits per heavy atom. The molecule has 0 saturated carbocycles. The Morgan fingerprint density at radius 2 is 2.10 bits per heavy atom. The van der Waals surface area contributed by atoms with Crippen molar-refractivity contribution < 1.29 is 22.7 Å². The molecule has 1 atom stereocenters. The third-order valence-corrected chi connectivity index (χ3v) is 3.20. The summed E-state index contributed by atoms with van der Waals surface area (Å²) < 4.78 is 41.4. The van der Waals surface area contributed by atoms with E-state index in [1.54, 1.807) is 0 Å². The number of benzene rings is 1. The van der Waals surface area contributed by atoms with Crippen LogP contribution in [-0.2, 0) is 4.79 Å². The van der Waals surface area contributed by atoms with Crippen molar-refractivity contribution in [1.29, 1.82) is 0 Å². The van der Waals surface area contributed by atoms with Gasteiger partial charge < -0.3 is 10.1 Å². The maximum Gasteiger partial charge on any atom is 0.401 e. The van der Waals surface area contributed by atoms with E-state index in [0.29, 0.717) is 13.0 Å². The molecule has 1 heterocycles. The zero-order chi connectivity index (χ0) is 14.6. The van der Waals surface area contributed by atoms with E-state index in [0.717, 1.165) is 11.3 Å². The summed E-state index contributed by atoms with van der Waals surface area (Å²) in [4.78, 5) is 11.7. The number of alkyl halides is 3. The molecule has 0 bridgehead atoms. The normalized spacial score (nSPS) is 18.2. The van der Waals surface area contributed by atoms with E-state index < -0.39 is 12.7 Å². The zero-order valence-electron chi connectivity index (χ0n) is 10.9. The van der Waals surface area contributed by atoms with Crippen molar-refractivity contribution in [3.63, 3.8) is 0 Å². The smallest absolute Gasteiger partial charge is 0.401 e. The lowest BCUT2D eigenvalue weighted by molar-refractivity contribution is -0.127. The third kappa shape index (κ3) is 4.23. The van der Waals surface area contributed by atoms with E-state index in [4.69, 9.17) is 4.74 Å². The largest absolute Gasteiger partial charge is 0.493 e. The molecule has 0 amide bonds. The van der Waals surface area contributed by atoms with Gasteiger partial charge in [0.2, 0.25) is 0 Å². The summed E-state index contributed by atoms with van der Waals surface area (Å²) in [6, 6.07) is 7.46. The quantitative estimate of drug-likeness (QED) is 0.905. The van der Waals surface area contributed by atoms with Gasteiger partial charge in [0.15, 0.2) is 0 Å². The van der Waals surface area contributed by atoms with Crippen LogP contribution < -0.4 is 10.1 Å². The van der Waals surface area contributed by atoms with Crippen LogP contribution in [0.1, 0.15) is 24.3 Å². The van der Waals surface area contributed by atoms with Crippen LogP contribution in [0.5, 0.6) is 5.75 Å².